The zero-order valence-electron chi connectivity index (χ0n) is 17.1. The van der Waals surface area contributed by atoms with E-state index in [0.29, 0.717) is 15.8 Å². The summed E-state index contributed by atoms with van der Waals surface area (Å²) in [6.07, 6.45) is 0.990. The van der Waals surface area contributed by atoms with E-state index in [4.69, 9.17) is 11.6 Å². The van der Waals surface area contributed by atoms with Crippen LogP contribution in [0.15, 0.2) is 57.8 Å². The van der Waals surface area contributed by atoms with E-state index in [1.807, 2.05) is 5.32 Å². The summed E-state index contributed by atoms with van der Waals surface area (Å²) in [5.41, 5.74) is -0.755. The van der Waals surface area contributed by atoms with Crippen LogP contribution in [0, 0.1) is 11.6 Å². The van der Waals surface area contributed by atoms with Crippen LogP contribution in [-0.2, 0) is 10.0 Å². The fourth-order valence-electron chi connectivity index (χ4n) is 3.08. The van der Waals surface area contributed by atoms with E-state index in [1.54, 1.807) is 23.9 Å². The number of hydrogen-bond donors (Lipinski definition) is 3. The molecule has 4 aromatic rings. The highest BCUT2D eigenvalue weighted by Gasteiger charge is 2.21. The second-order valence-corrected chi connectivity index (χ2v) is 10.4. The third-order valence-corrected chi connectivity index (χ3v) is 7.66. The summed E-state index contributed by atoms with van der Waals surface area (Å²) in [6.45, 7) is 0. The molecule has 0 saturated carbocycles. The van der Waals surface area contributed by atoms with E-state index >= 15 is 0 Å². The predicted molar refractivity (Wildman–Crippen MR) is 125 cm³/mol. The number of rotatable bonds is 5. The average Bonchev–Trinajstić information content (AvgIpc) is 3.21. The first-order valence-electron chi connectivity index (χ1n) is 9.37. The molecule has 14 heteroatoms. The highest BCUT2D eigenvalue weighted by Crippen LogP contribution is 2.26. The Morgan fingerprint density at radius 2 is 1.79 bits per heavy atom. The van der Waals surface area contributed by atoms with E-state index < -0.39 is 38.9 Å². The van der Waals surface area contributed by atoms with Gasteiger partial charge in [-0.3, -0.25) is 9.36 Å². The van der Waals surface area contributed by atoms with Crippen LogP contribution < -0.4 is 20.9 Å². The maximum Gasteiger partial charge on any atom is 0.333 e. The van der Waals surface area contributed by atoms with E-state index in [2.05, 4.69) is 10.3 Å². The molecule has 2 heterocycles. The summed E-state index contributed by atoms with van der Waals surface area (Å²) in [5, 5.41) is 5.08. The van der Waals surface area contributed by atoms with Crippen molar-refractivity contribution in [1.29, 1.82) is 0 Å². The van der Waals surface area contributed by atoms with Gasteiger partial charge in [0.25, 0.3) is 15.6 Å². The SMILES string of the molecule is CNc1ccc2c(=O)n(-c3c(F)cc(NC(=O)NS(=O)(=O)c4ccc(Cl)s4)cc3F)cnc2c1. The number of amides is 2. The highest BCUT2D eigenvalue weighted by molar-refractivity contribution is 7.92. The van der Waals surface area contributed by atoms with Crippen molar-refractivity contribution in [3.05, 3.63) is 75.1 Å². The second-order valence-electron chi connectivity index (χ2n) is 6.81. The van der Waals surface area contributed by atoms with Crippen molar-refractivity contribution in [2.24, 2.45) is 0 Å². The van der Waals surface area contributed by atoms with Crippen molar-refractivity contribution in [1.82, 2.24) is 14.3 Å². The monoisotopic (exact) mass is 525 g/mol. The Kier molecular flexibility index (Phi) is 6.25. The molecular formula is C20H14ClF2N5O4S2. The number of halogens is 3. The third-order valence-electron chi connectivity index (χ3n) is 4.60. The van der Waals surface area contributed by atoms with Gasteiger partial charge in [-0.1, -0.05) is 11.6 Å². The number of fused-ring (bicyclic) bond motifs is 1. The summed E-state index contributed by atoms with van der Waals surface area (Å²) < 4.78 is 56.4. The van der Waals surface area contributed by atoms with Crippen LogP contribution in [-0.4, -0.2) is 31.0 Å². The van der Waals surface area contributed by atoms with Gasteiger partial charge in [0.2, 0.25) is 0 Å². The molecule has 2 aromatic carbocycles. The zero-order chi connectivity index (χ0) is 24.6. The van der Waals surface area contributed by atoms with Gasteiger partial charge in [-0.05, 0) is 42.5 Å². The number of thiophene rings is 1. The lowest BCUT2D eigenvalue weighted by molar-refractivity contribution is 0.256. The highest BCUT2D eigenvalue weighted by atomic mass is 35.5. The largest absolute Gasteiger partial charge is 0.388 e. The smallest absolute Gasteiger partial charge is 0.333 e. The number of carbonyl (C=O) groups excluding carboxylic acids is 1. The molecule has 0 atom stereocenters. The number of anilines is 2. The lowest BCUT2D eigenvalue weighted by Gasteiger charge is -2.12. The van der Waals surface area contributed by atoms with Gasteiger partial charge in [0.05, 0.1) is 15.2 Å². The maximum atomic E-state index is 14.8. The van der Waals surface area contributed by atoms with Crippen LogP contribution in [0.25, 0.3) is 16.6 Å². The topological polar surface area (TPSA) is 122 Å². The Hall–Kier alpha value is -3.55. The lowest BCUT2D eigenvalue weighted by Crippen LogP contribution is -2.34. The molecule has 0 saturated heterocycles. The number of urea groups is 1. The lowest BCUT2D eigenvalue weighted by atomic mass is 10.2. The van der Waals surface area contributed by atoms with Crippen LogP contribution in [0.4, 0.5) is 25.0 Å². The minimum atomic E-state index is -4.24. The first kappa shape index (κ1) is 23.6. The molecule has 3 N–H and O–H groups in total. The van der Waals surface area contributed by atoms with Crippen molar-refractivity contribution in [3.63, 3.8) is 0 Å². The molecule has 34 heavy (non-hydrogen) atoms. The molecule has 0 unspecified atom stereocenters. The Labute approximate surface area is 200 Å². The van der Waals surface area contributed by atoms with E-state index in [1.165, 1.54) is 18.2 Å². The number of benzene rings is 2. The fraction of sp³-hybridized carbons (Fsp3) is 0.0500. The van der Waals surface area contributed by atoms with Crippen molar-refractivity contribution in [3.8, 4) is 5.69 Å². The molecule has 0 radical (unpaired) electrons. The molecule has 176 valence electrons. The van der Waals surface area contributed by atoms with Gasteiger partial charge in [-0.25, -0.2) is 31.7 Å². The standard InChI is InChI=1S/C20H14ClF2N5O4S2/c1-24-10-2-3-12-15(8-10)25-9-28(19(12)29)18-13(22)6-11(7-14(18)23)26-20(30)27-34(31,32)17-5-4-16(21)33-17/h2-9,24H,1H3,(H2,26,27,30). The van der Waals surface area contributed by atoms with Crippen molar-refractivity contribution >= 4 is 61.3 Å². The number of nitrogens with zero attached hydrogens (tertiary/aromatic N) is 2. The Bertz CT molecular complexity index is 1580. The second kappa shape index (κ2) is 9.00. The van der Waals surface area contributed by atoms with E-state index in [0.717, 1.165) is 29.8 Å². The third kappa shape index (κ3) is 4.58. The average molecular weight is 526 g/mol. The summed E-state index contributed by atoms with van der Waals surface area (Å²) in [4.78, 5) is 29.0. The Balaban J connectivity index is 1.62. The molecule has 0 aliphatic heterocycles. The van der Waals surface area contributed by atoms with E-state index in [-0.39, 0.29) is 19.6 Å². The minimum Gasteiger partial charge on any atom is -0.388 e. The quantitative estimate of drug-likeness (QED) is 0.363. The summed E-state index contributed by atoms with van der Waals surface area (Å²) >= 11 is 6.43. The van der Waals surface area contributed by atoms with Crippen LogP contribution in [0.3, 0.4) is 0 Å². The van der Waals surface area contributed by atoms with Gasteiger partial charge in [-0.2, -0.15) is 0 Å². The molecule has 0 bridgehead atoms. The summed E-state index contributed by atoms with van der Waals surface area (Å²) in [7, 11) is -2.54. The first-order chi connectivity index (χ1) is 16.1. The van der Waals surface area contributed by atoms with Crippen molar-refractivity contribution in [2.75, 3.05) is 17.7 Å². The molecule has 4 rings (SSSR count). The number of aromatic nitrogens is 2. The maximum absolute atomic E-state index is 14.8. The molecule has 0 aliphatic rings. The first-order valence-corrected chi connectivity index (χ1v) is 12.0. The normalized spacial score (nSPS) is 11.4. The van der Waals surface area contributed by atoms with Crippen molar-refractivity contribution < 1.29 is 22.0 Å². The summed E-state index contributed by atoms with van der Waals surface area (Å²) in [6, 6.07) is 7.48. The van der Waals surface area contributed by atoms with Crippen LogP contribution in [0.2, 0.25) is 4.34 Å². The summed E-state index contributed by atoms with van der Waals surface area (Å²) in [5.74, 6) is -2.36. The molecule has 2 amide bonds. The van der Waals surface area contributed by atoms with Crippen LogP contribution in [0.1, 0.15) is 0 Å². The molecule has 0 aliphatic carbocycles. The Morgan fingerprint density at radius 1 is 1.09 bits per heavy atom. The molecule has 0 spiro atoms. The molecular weight excluding hydrogens is 512 g/mol. The van der Waals surface area contributed by atoms with E-state index in [9.17, 15) is 26.8 Å². The van der Waals surface area contributed by atoms with Crippen LogP contribution in [0.5, 0.6) is 0 Å². The van der Waals surface area contributed by atoms with Gasteiger partial charge < -0.3 is 10.6 Å². The molecule has 0 fully saturated rings. The number of hydrogen-bond acceptors (Lipinski definition) is 7. The number of sulfonamides is 1. The van der Waals surface area contributed by atoms with Crippen molar-refractivity contribution in [2.45, 2.75) is 4.21 Å². The molecule has 2 aromatic heterocycles. The van der Waals surface area contributed by atoms with Gasteiger partial charge in [0.1, 0.15) is 16.2 Å². The minimum absolute atomic E-state index is 0.140. The Morgan fingerprint density at radius 3 is 2.41 bits per heavy atom. The van der Waals surface area contributed by atoms with Gasteiger partial charge >= 0.3 is 6.03 Å². The molecule has 9 nitrogen and oxygen atoms in total. The zero-order valence-corrected chi connectivity index (χ0v) is 19.5. The van der Waals surface area contributed by atoms with Crippen LogP contribution >= 0.6 is 22.9 Å². The fourth-order valence-corrected chi connectivity index (χ4v) is 5.47. The number of nitrogens with one attached hydrogen (secondary N) is 3. The van der Waals surface area contributed by atoms with Gasteiger partial charge in [-0.15, -0.1) is 11.3 Å². The van der Waals surface area contributed by atoms with Gasteiger partial charge in [0.15, 0.2) is 11.6 Å². The van der Waals surface area contributed by atoms with Gasteiger partial charge in [0, 0.05) is 18.4 Å². The predicted octanol–water partition coefficient (Wildman–Crippen LogP) is 3.93. The number of carbonyl (C=O) groups is 1.